The summed E-state index contributed by atoms with van der Waals surface area (Å²) < 4.78 is 1.74. The van der Waals surface area contributed by atoms with Gasteiger partial charge in [0.2, 0.25) is 0 Å². The molecule has 0 aliphatic rings. The summed E-state index contributed by atoms with van der Waals surface area (Å²) in [7, 11) is 0. The van der Waals surface area contributed by atoms with E-state index in [4.69, 9.17) is 23.2 Å². The fourth-order valence-corrected chi connectivity index (χ4v) is 2.04. The summed E-state index contributed by atoms with van der Waals surface area (Å²) in [5, 5.41) is 10.7. The van der Waals surface area contributed by atoms with Crippen molar-refractivity contribution in [2.75, 3.05) is 5.32 Å². The van der Waals surface area contributed by atoms with E-state index < -0.39 is 0 Å². The second kappa shape index (κ2) is 6.63. The third-order valence-electron chi connectivity index (χ3n) is 2.72. The average molecular weight is 313 g/mol. The van der Waals surface area contributed by atoms with Gasteiger partial charge in [0.15, 0.2) is 0 Å². The van der Waals surface area contributed by atoms with Crippen molar-refractivity contribution in [1.29, 1.82) is 0 Å². The van der Waals surface area contributed by atoms with E-state index in [1.54, 1.807) is 35.1 Å². The van der Waals surface area contributed by atoms with Gasteiger partial charge in [-0.05, 0) is 31.2 Å². The van der Waals surface area contributed by atoms with Gasteiger partial charge in [-0.2, -0.15) is 5.10 Å². The van der Waals surface area contributed by atoms with Gasteiger partial charge < -0.3 is 10.6 Å². The smallest absolute Gasteiger partial charge is 0.319 e. The number of carbonyl (C=O) groups excluding carboxylic acids is 1. The maximum atomic E-state index is 11.8. The normalized spacial score (nSPS) is 10.3. The summed E-state index contributed by atoms with van der Waals surface area (Å²) in [5.41, 5.74) is 1.45. The summed E-state index contributed by atoms with van der Waals surface area (Å²) in [6.07, 6.45) is 1.57. The third kappa shape index (κ3) is 3.65. The zero-order valence-corrected chi connectivity index (χ0v) is 12.4. The van der Waals surface area contributed by atoms with Crippen molar-refractivity contribution in [3.63, 3.8) is 0 Å². The van der Waals surface area contributed by atoms with E-state index in [1.165, 1.54) is 0 Å². The number of amides is 2. The van der Waals surface area contributed by atoms with Crippen LogP contribution in [0.5, 0.6) is 0 Å². The number of hydrogen-bond acceptors (Lipinski definition) is 2. The molecule has 2 N–H and O–H groups in total. The van der Waals surface area contributed by atoms with Crippen LogP contribution in [0.2, 0.25) is 10.0 Å². The molecule has 2 aromatic rings. The minimum absolute atomic E-state index is 0.312. The average Bonchev–Trinajstić information content (AvgIpc) is 2.79. The second-order valence-electron chi connectivity index (χ2n) is 4.07. The molecular weight excluding hydrogens is 299 g/mol. The van der Waals surface area contributed by atoms with Crippen molar-refractivity contribution in [2.24, 2.45) is 0 Å². The lowest BCUT2D eigenvalue weighted by molar-refractivity contribution is 0.251. The van der Waals surface area contributed by atoms with Gasteiger partial charge in [0.05, 0.1) is 23.5 Å². The lowest BCUT2D eigenvalue weighted by atomic mass is 10.3. The number of rotatable bonds is 4. The molecule has 0 unspecified atom stereocenters. The van der Waals surface area contributed by atoms with E-state index in [0.29, 0.717) is 28.8 Å². The molecule has 2 rings (SSSR count). The van der Waals surface area contributed by atoms with E-state index in [-0.39, 0.29) is 6.03 Å². The largest absolute Gasteiger partial charge is 0.332 e. The van der Waals surface area contributed by atoms with Crippen LogP contribution < -0.4 is 10.6 Å². The van der Waals surface area contributed by atoms with Gasteiger partial charge in [0.1, 0.15) is 0 Å². The van der Waals surface area contributed by atoms with Crippen molar-refractivity contribution in [2.45, 2.75) is 20.0 Å². The molecule has 0 radical (unpaired) electrons. The van der Waals surface area contributed by atoms with E-state index in [9.17, 15) is 4.79 Å². The molecule has 0 saturated heterocycles. The fourth-order valence-electron chi connectivity index (χ4n) is 1.71. The number of aromatic nitrogens is 2. The topological polar surface area (TPSA) is 59.0 Å². The predicted molar refractivity (Wildman–Crippen MR) is 80.2 cm³/mol. The number of nitrogens with one attached hydrogen (secondary N) is 2. The summed E-state index contributed by atoms with van der Waals surface area (Å²) in [6.45, 7) is 2.97. The monoisotopic (exact) mass is 312 g/mol. The van der Waals surface area contributed by atoms with Gasteiger partial charge in [-0.1, -0.05) is 23.2 Å². The highest BCUT2D eigenvalue weighted by Gasteiger charge is 2.09. The fraction of sp³-hybridized carbons (Fsp3) is 0.231. The molecule has 0 saturated carbocycles. The molecule has 1 heterocycles. The molecule has 0 spiro atoms. The molecule has 20 heavy (non-hydrogen) atoms. The van der Waals surface area contributed by atoms with Crippen LogP contribution in [0.15, 0.2) is 30.5 Å². The summed E-state index contributed by atoms with van der Waals surface area (Å²) in [5.74, 6) is 0. The Morgan fingerprint density at radius 2 is 2.00 bits per heavy atom. The quantitative estimate of drug-likeness (QED) is 0.907. The molecule has 2 amide bonds. The van der Waals surface area contributed by atoms with E-state index in [1.807, 2.05) is 6.92 Å². The maximum Gasteiger partial charge on any atom is 0.319 e. The van der Waals surface area contributed by atoms with Gasteiger partial charge >= 0.3 is 6.03 Å². The number of carbonyl (C=O) groups is 1. The highest BCUT2D eigenvalue weighted by Crippen LogP contribution is 2.15. The van der Waals surface area contributed by atoms with Crippen molar-refractivity contribution < 1.29 is 4.79 Å². The van der Waals surface area contributed by atoms with Crippen LogP contribution in [0.3, 0.4) is 0 Å². The van der Waals surface area contributed by atoms with E-state index >= 15 is 0 Å². The molecule has 1 aromatic carbocycles. The van der Waals surface area contributed by atoms with Crippen LogP contribution in [-0.2, 0) is 13.1 Å². The summed E-state index contributed by atoms with van der Waals surface area (Å²) >= 11 is 11.8. The minimum Gasteiger partial charge on any atom is -0.332 e. The van der Waals surface area contributed by atoms with E-state index in [0.717, 1.165) is 5.69 Å². The van der Waals surface area contributed by atoms with Gasteiger partial charge in [-0.3, -0.25) is 4.68 Å². The Morgan fingerprint density at radius 3 is 2.65 bits per heavy atom. The molecule has 0 fully saturated rings. The van der Waals surface area contributed by atoms with Crippen LogP contribution in [0.1, 0.15) is 12.6 Å². The number of halogens is 2. The zero-order chi connectivity index (χ0) is 14.5. The highest BCUT2D eigenvalue weighted by atomic mass is 35.5. The molecule has 1 aromatic heterocycles. The first-order valence-corrected chi connectivity index (χ1v) is 6.86. The first-order chi connectivity index (χ1) is 9.60. The lowest BCUT2D eigenvalue weighted by Gasteiger charge is -2.09. The van der Waals surface area contributed by atoms with Crippen LogP contribution in [0, 0.1) is 0 Å². The Hall–Kier alpha value is -1.72. The van der Waals surface area contributed by atoms with Crippen molar-refractivity contribution in [3.8, 4) is 0 Å². The van der Waals surface area contributed by atoms with Crippen LogP contribution in [0.25, 0.3) is 0 Å². The molecule has 0 bridgehead atoms. The molecule has 7 heteroatoms. The second-order valence-corrected chi connectivity index (χ2v) is 4.91. The molecule has 0 aliphatic carbocycles. The van der Waals surface area contributed by atoms with Gasteiger partial charge in [0.25, 0.3) is 0 Å². The zero-order valence-electron chi connectivity index (χ0n) is 10.9. The van der Waals surface area contributed by atoms with Crippen molar-refractivity contribution >= 4 is 34.9 Å². The minimum atomic E-state index is -0.313. The predicted octanol–water partition coefficient (Wildman–Crippen LogP) is 3.53. The summed E-state index contributed by atoms with van der Waals surface area (Å²) in [4.78, 5) is 11.8. The molecule has 5 nitrogen and oxygen atoms in total. The first-order valence-electron chi connectivity index (χ1n) is 6.10. The Morgan fingerprint density at radius 1 is 1.30 bits per heavy atom. The van der Waals surface area contributed by atoms with Crippen LogP contribution in [-0.4, -0.2) is 15.8 Å². The number of anilines is 1. The molecule has 0 atom stereocenters. The number of nitrogens with zero attached hydrogens (tertiary/aromatic N) is 2. The SMILES string of the molecule is CCn1ncc(Cl)c1CNC(=O)Nc1ccc(Cl)cc1. The van der Waals surface area contributed by atoms with Gasteiger partial charge in [-0.25, -0.2) is 4.79 Å². The number of benzene rings is 1. The Balaban J connectivity index is 1.92. The Kier molecular flexibility index (Phi) is 4.87. The molecule has 0 aliphatic heterocycles. The van der Waals surface area contributed by atoms with E-state index in [2.05, 4.69) is 15.7 Å². The summed E-state index contributed by atoms with van der Waals surface area (Å²) in [6, 6.07) is 6.56. The van der Waals surface area contributed by atoms with Crippen LogP contribution >= 0.6 is 23.2 Å². The highest BCUT2D eigenvalue weighted by molar-refractivity contribution is 6.31. The Labute approximate surface area is 126 Å². The third-order valence-corrected chi connectivity index (χ3v) is 3.28. The lowest BCUT2D eigenvalue weighted by Crippen LogP contribution is -2.29. The number of urea groups is 1. The number of hydrogen-bond donors (Lipinski definition) is 2. The van der Waals surface area contributed by atoms with Crippen molar-refractivity contribution in [1.82, 2.24) is 15.1 Å². The Bertz CT molecular complexity index is 595. The van der Waals surface area contributed by atoms with Crippen LogP contribution in [0.4, 0.5) is 10.5 Å². The first kappa shape index (κ1) is 14.7. The number of aryl methyl sites for hydroxylation is 1. The van der Waals surface area contributed by atoms with Gasteiger partial charge in [0, 0.05) is 17.3 Å². The maximum absolute atomic E-state index is 11.8. The van der Waals surface area contributed by atoms with Crippen molar-refractivity contribution in [3.05, 3.63) is 46.2 Å². The molecule has 106 valence electrons. The standard InChI is InChI=1S/C13H14Cl2N4O/c1-2-19-12(11(15)7-17-19)8-16-13(20)18-10-5-3-9(14)4-6-10/h3-7H,2,8H2,1H3,(H2,16,18,20). The van der Waals surface area contributed by atoms with Gasteiger partial charge in [-0.15, -0.1) is 0 Å². The molecular formula is C13H14Cl2N4O.